The van der Waals surface area contributed by atoms with Crippen molar-refractivity contribution in [2.45, 2.75) is 51.8 Å². The number of imidazole rings is 1. The number of nitrogens with one attached hydrogen (secondary N) is 1. The van der Waals surface area contributed by atoms with Gasteiger partial charge in [-0.2, -0.15) is 0 Å². The Labute approximate surface area is 169 Å². The van der Waals surface area contributed by atoms with Crippen molar-refractivity contribution >= 4 is 18.0 Å². The third-order valence-electron chi connectivity index (χ3n) is 5.94. The standard InChI is InChI=1S/C18H29N7O4/c1-4-18(29,5-2)14(21-16(19)27)15(26)22-6-8-23(9-7-22)24-11-13-10-20-12(3)25(13)17(24)28/h10,14,29H,4-9,11H2,1-3H3,(H3,19,21,27). The van der Waals surface area contributed by atoms with Crippen LogP contribution in [0.5, 0.6) is 0 Å². The molecule has 1 unspecified atom stereocenters. The fourth-order valence-electron chi connectivity index (χ4n) is 3.99. The molecule has 11 nitrogen and oxygen atoms in total. The molecule has 160 valence electrons. The van der Waals surface area contributed by atoms with Gasteiger partial charge in [0.15, 0.2) is 0 Å². The smallest absolute Gasteiger partial charge is 0.344 e. The van der Waals surface area contributed by atoms with Gasteiger partial charge in [0.2, 0.25) is 5.91 Å². The van der Waals surface area contributed by atoms with E-state index >= 15 is 0 Å². The molecule has 3 heterocycles. The summed E-state index contributed by atoms with van der Waals surface area (Å²) in [5.74, 6) is 0.286. The van der Waals surface area contributed by atoms with Crippen LogP contribution in [0, 0.1) is 6.92 Å². The quantitative estimate of drug-likeness (QED) is 0.588. The molecule has 2 aliphatic heterocycles. The Morgan fingerprint density at radius 3 is 2.41 bits per heavy atom. The summed E-state index contributed by atoms with van der Waals surface area (Å²) in [7, 11) is 0. The molecule has 0 spiro atoms. The number of hydrogen-bond acceptors (Lipinski definition) is 6. The molecule has 1 saturated heterocycles. The lowest BCUT2D eigenvalue weighted by atomic mass is 9.87. The third-order valence-corrected chi connectivity index (χ3v) is 5.94. The van der Waals surface area contributed by atoms with Crippen molar-refractivity contribution in [3.8, 4) is 0 Å². The van der Waals surface area contributed by atoms with Crippen LogP contribution in [0.2, 0.25) is 0 Å². The molecular formula is C18H29N7O4. The predicted octanol–water partition coefficient (Wildman–Crippen LogP) is -0.378. The summed E-state index contributed by atoms with van der Waals surface area (Å²) < 4.78 is 1.59. The molecule has 0 radical (unpaired) electrons. The molecule has 0 aromatic carbocycles. The van der Waals surface area contributed by atoms with E-state index in [1.54, 1.807) is 41.4 Å². The monoisotopic (exact) mass is 407 g/mol. The SMILES string of the molecule is CCC(O)(CC)C(NC(N)=O)C(=O)N1CCN(N2Cc3cnc(C)n3C2=O)CC1. The Bertz CT molecular complexity index is 796. The molecule has 3 rings (SSSR count). The molecule has 4 amide bonds. The molecule has 1 aromatic rings. The minimum absolute atomic E-state index is 0.144. The number of urea groups is 1. The van der Waals surface area contributed by atoms with Crippen LogP contribution in [0.1, 0.15) is 38.2 Å². The summed E-state index contributed by atoms with van der Waals surface area (Å²) in [6.07, 6.45) is 2.30. The summed E-state index contributed by atoms with van der Waals surface area (Å²) in [5.41, 5.74) is 4.71. The van der Waals surface area contributed by atoms with Crippen molar-refractivity contribution in [3.63, 3.8) is 0 Å². The normalized spacial score (nSPS) is 18.7. The topological polar surface area (TPSA) is 137 Å². The Balaban J connectivity index is 1.65. The molecule has 11 heteroatoms. The van der Waals surface area contributed by atoms with E-state index in [4.69, 9.17) is 5.73 Å². The molecule has 4 N–H and O–H groups in total. The highest BCUT2D eigenvalue weighted by Crippen LogP contribution is 2.24. The van der Waals surface area contributed by atoms with Gasteiger partial charge in [-0.05, 0) is 19.8 Å². The van der Waals surface area contributed by atoms with Crippen molar-refractivity contribution in [1.29, 1.82) is 0 Å². The molecule has 1 aromatic heterocycles. The van der Waals surface area contributed by atoms with E-state index in [9.17, 15) is 19.5 Å². The van der Waals surface area contributed by atoms with Crippen LogP contribution in [0.25, 0.3) is 0 Å². The fraction of sp³-hybridized carbons (Fsp3) is 0.667. The average molecular weight is 407 g/mol. The lowest BCUT2D eigenvalue weighted by Gasteiger charge is -2.42. The van der Waals surface area contributed by atoms with Crippen molar-refractivity contribution in [2.75, 3.05) is 26.2 Å². The fourth-order valence-corrected chi connectivity index (χ4v) is 3.99. The van der Waals surface area contributed by atoms with E-state index in [2.05, 4.69) is 10.3 Å². The summed E-state index contributed by atoms with van der Waals surface area (Å²) in [6.45, 7) is 7.43. The van der Waals surface area contributed by atoms with E-state index < -0.39 is 17.7 Å². The highest BCUT2D eigenvalue weighted by Gasteiger charge is 2.43. The lowest BCUT2D eigenvalue weighted by Crippen LogP contribution is -2.64. The van der Waals surface area contributed by atoms with Crippen LogP contribution in [-0.4, -0.2) is 85.4 Å². The first-order valence-corrected chi connectivity index (χ1v) is 9.89. The van der Waals surface area contributed by atoms with E-state index in [0.717, 1.165) is 5.69 Å². The van der Waals surface area contributed by atoms with Crippen molar-refractivity contribution < 1.29 is 19.5 Å². The molecule has 0 bridgehead atoms. The number of hydrogen-bond donors (Lipinski definition) is 3. The molecule has 0 saturated carbocycles. The zero-order chi connectivity index (χ0) is 21.3. The first-order chi connectivity index (χ1) is 13.7. The number of nitrogens with zero attached hydrogens (tertiary/aromatic N) is 5. The highest BCUT2D eigenvalue weighted by atomic mass is 16.3. The second kappa shape index (κ2) is 7.99. The molecule has 29 heavy (non-hydrogen) atoms. The van der Waals surface area contributed by atoms with Gasteiger partial charge in [0.25, 0.3) is 0 Å². The van der Waals surface area contributed by atoms with E-state index in [1.165, 1.54) is 0 Å². The summed E-state index contributed by atoms with van der Waals surface area (Å²) >= 11 is 0. The van der Waals surface area contributed by atoms with Crippen LogP contribution >= 0.6 is 0 Å². The summed E-state index contributed by atoms with van der Waals surface area (Å²) in [5, 5.41) is 16.8. The summed E-state index contributed by atoms with van der Waals surface area (Å²) in [6, 6.07) is -2.10. The first-order valence-electron chi connectivity index (χ1n) is 9.89. The molecule has 1 atom stereocenters. The predicted molar refractivity (Wildman–Crippen MR) is 103 cm³/mol. The minimum atomic E-state index is -1.37. The third kappa shape index (κ3) is 3.79. The number of aliphatic hydroxyl groups is 1. The van der Waals surface area contributed by atoms with Crippen molar-refractivity contribution in [3.05, 3.63) is 17.7 Å². The number of rotatable bonds is 6. The Morgan fingerprint density at radius 1 is 1.28 bits per heavy atom. The second-order valence-electron chi connectivity index (χ2n) is 7.50. The van der Waals surface area contributed by atoms with Gasteiger partial charge in [-0.1, -0.05) is 13.8 Å². The van der Waals surface area contributed by atoms with Gasteiger partial charge in [0, 0.05) is 26.2 Å². The van der Waals surface area contributed by atoms with Gasteiger partial charge in [0.1, 0.15) is 11.9 Å². The highest BCUT2D eigenvalue weighted by molar-refractivity contribution is 5.88. The largest absolute Gasteiger partial charge is 0.387 e. The van der Waals surface area contributed by atoms with Crippen LogP contribution in [0.15, 0.2) is 6.20 Å². The van der Waals surface area contributed by atoms with E-state index in [1.807, 2.05) is 5.01 Å². The van der Waals surface area contributed by atoms with Gasteiger partial charge >= 0.3 is 12.1 Å². The number of hydrazine groups is 1. The molecule has 1 fully saturated rings. The van der Waals surface area contributed by atoms with Gasteiger partial charge in [-0.3, -0.25) is 9.80 Å². The molecular weight excluding hydrogens is 378 g/mol. The minimum Gasteiger partial charge on any atom is -0.387 e. The van der Waals surface area contributed by atoms with Crippen LogP contribution < -0.4 is 11.1 Å². The Kier molecular flexibility index (Phi) is 5.80. The van der Waals surface area contributed by atoms with E-state index in [-0.39, 0.29) is 11.9 Å². The molecule has 0 aliphatic carbocycles. The molecule has 2 aliphatic rings. The van der Waals surface area contributed by atoms with Crippen molar-refractivity contribution in [1.82, 2.24) is 29.8 Å². The van der Waals surface area contributed by atoms with Gasteiger partial charge in [0.05, 0.1) is 24.0 Å². The first kappa shape index (κ1) is 21.1. The van der Waals surface area contributed by atoms with Gasteiger partial charge in [-0.25, -0.2) is 24.1 Å². The number of piperazine rings is 1. The number of amides is 4. The van der Waals surface area contributed by atoms with Crippen LogP contribution in [0.4, 0.5) is 9.59 Å². The maximum Gasteiger partial charge on any atom is 0.344 e. The zero-order valence-corrected chi connectivity index (χ0v) is 17.1. The average Bonchev–Trinajstić information content (AvgIpc) is 3.25. The van der Waals surface area contributed by atoms with Gasteiger partial charge < -0.3 is 21.1 Å². The number of aromatic nitrogens is 2. The van der Waals surface area contributed by atoms with Crippen LogP contribution in [-0.2, 0) is 11.3 Å². The van der Waals surface area contributed by atoms with Crippen molar-refractivity contribution in [2.24, 2.45) is 5.73 Å². The number of aryl methyl sites for hydroxylation is 1. The van der Waals surface area contributed by atoms with E-state index in [0.29, 0.717) is 51.4 Å². The number of carbonyl (C=O) groups is 3. The van der Waals surface area contributed by atoms with Gasteiger partial charge in [-0.15, -0.1) is 0 Å². The lowest BCUT2D eigenvalue weighted by molar-refractivity contribution is -0.145. The zero-order valence-electron chi connectivity index (χ0n) is 17.1. The number of fused-ring (bicyclic) bond motifs is 1. The second-order valence-corrected chi connectivity index (χ2v) is 7.50. The number of carbonyl (C=O) groups excluding carboxylic acids is 3. The number of nitrogens with two attached hydrogens (primary N) is 1. The maximum absolute atomic E-state index is 13.1. The maximum atomic E-state index is 13.1. The Morgan fingerprint density at radius 2 is 1.90 bits per heavy atom. The number of primary amides is 1. The Hall–Kier alpha value is -2.66. The van der Waals surface area contributed by atoms with Crippen LogP contribution in [0.3, 0.4) is 0 Å². The summed E-state index contributed by atoms with van der Waals surface area (Å²) in [4.78, 5) is 42.9.